The summed E-state index contributed by atoms with van der Waals surface area (Å²) in [6.45, 7) is 4.21. The molecule has 0 saturated heterocycles. The van der Waals surface area contributed by atoms with Gasteiger partial charge in [-0.1, -0.05) is 54.1 Å². The summed E-state index contributed by atoms with van der Waals surface area (Å²) in [6, 6.07) is 21.7. The summed E-state index contributed by atoms with van der Waals surface area (Å²) >= 11 is 6.11. The first-order chi connectivity index (χ1) is 16.9. The second-order valence-electron chi connectivity index (χ2n) is 8.17. The Kier molecular flexibility index (Phi) is 9.56. The highest BCUT2D eigenvalue weighted by molar-refractivity contribution is 6.31. The summed E-state index contributed by atoms with van der Waals surface area (Å²) in [6.07, 6.45) is 0.377. The van der Waals surface area contributed by atoms with Crippen LogP contribution in [0.25, 0.3) is 0 Å². The van der Waals surface area contributed by atoms with Gasteiger partial charge in [0.2, 0.25) is 5.91 Å². The predicted molar refractivity (Wildman–Crippen MR) is 138 cm³/mol. The van der Waals surface area contributed by atoms with Gasteiger partial charge in [-0.3, -0.25) is 9.59 Å². The molecule has 1 N–H and O–H groups in total. The second-order valence-corrected chi connectivity index (χ2v) is 8.58. The number of benzene rings is 3. The van der Waals surface area contributed by atoms with Crippen LogP contribution in [0.1, 0.15) is 23.6 Å². The number of ether oxygens (including phenoxy) is 2. The molecule has 0 spiro atoms. The van der Waals surface area contributed by atoms with Gasteiger partial charge in [-0.25, -0.2) is 0 Å². The molecule has 0 radical (unpaired) electrons. The molecule has 3 aromatic rings. The Balaban J connectivity index is 1.90. The van der Waals surface area contributed by atoms with Crippen LogP contribution in [-0.4, -0.2) is 43.0 Å². The van der Waals surface area contributed by atoms with E-state index in [1.807, 2.05) is 68.4 Å². The smallest absolute Gasteiger partial charge is 0.261 e. The number of carbonyl (C=O) groups excluding carboxylic acids is 2. The Bertz CT molecular complexity index is 1140. The second kappa shape index (κ2) is 12.8. The van der Waals surface area contributed by atoms with Gasteiger partial charge in [-0.05, 0) is 60.9 Å². The highest BCUT2D eigenvalue weighted by atomic mass is 35.5. The molecule has 0 aliphatic rings. The summed E-state index contributed by atoms with van der Waals surface area (Å²) in [4.78, 5) is 28.3. The van der Waals surface area contributed by atoms with E-state index in [4.69, 9.17) is 21.1 Å². The first-order valence-electron chi connectivity index (χ1n) is 11.5. The molecular weight excluding hydrogens is 464 g/mol. The van der Waals surface area contributed by atoms with Crippen molar-refractivity contribution in [2.24, 2.45) is 0 Å². The van der Waals surface area contributed by atoms with E-state index >= 15 is 0 Å². The van der Waals surface area contributed by atoms with Gasteiger partial charge in [0.15, 0.2) is 6.61 Å². The topological polar surface area (TPSA) is 67.9 Å². The van der Waals surface area contributed by atoms with Crippen LogP contribution >= 0.6 is 11.6 Å². The van der Waals surface area contributed by atoms with E-state index in [9.17, 15) is 9.59 Å². The normalized spacial score (nSPS) is 11.4. The number of nitrogens with one attached hydrogen (secondary N) is 1. The molecule has 0 aromatic heterocycles. The fraction of sp³-hybridized carbons (Fsp3) is 0.286. The van der Waals surface area contributed by atoms with E-state index < -0.39 is 6.04 Å². The summed E-state index contributed by atoms with van der Waals surface area (Å²) in [7, 11) is 1.59. The average molecular weight is 495 g/mol. The van der Waals surface area contributed by atoms with E-state index in [1.165, 1.54) is 0 Å². The number of amides is 2. The van der Waals surface area contributed by atoms with Crippen LogP contribution in [0.4, 0.5) is 0 Å². The van der Waals surface area contributed by atoms with Crippen LogP contribution in [0.3, 0.4) is 0 Å². The molecule has 2 amide bonds. The molecule has 0 heterocycles. The molecular formula is C28H31ClN2O4. The largest absolute Gasteiger partial charge is 0.497 e. The molecule has 6 nitrogen and oxygen atoms in total. The quantitative estimate of drug-likeness (QED) is 0.415. The van der Waals surface area contributed by atoms with Crippen LogP contribution in [-0.2, 0) is 22.6 Å². The first kappa shape index (κ1) is 26.1. The zero-order valence-corrected chi connectivity index (χ0v) is 21.0. The Morgan fingerprint density at radius 1 is 0.971 bits per heavy atom. The summed E-state index contributed by atoms with van der Waals surface area (Å²) in [5.41, 5.74) is 2.66. The summed E-state index contributed by atoms with van der Waals surface area (Å²) < 4.78 is 11.1. The third kappa shape index (κ3) is 7.49. The van der Waals surface area contributed by atoms with E-state index in [0.717, 1.165) is 16.7 Å². The average Bonchev–Trinajstić information content (AvgIpc) is 2.87. The number of halogens is 1. The van der Waals surface area contributed by atoms with E-state index in [2.05, 4.69) is 5.32 Å². The van der Waals surface area contributed by atoms with Crippen molar-refractivity contribution in [3.63, 3.8) is 0 Å². The Hall–Kier alpha value is -3.51. The number of hydrogen-bond donors (Lipinski definition) is 1. The van der Waals surface area contributed by atoms with Gasteiger partial charge in [0.25, 0.3) is 5.91 Å². The highest BCUT2D eigenvalue weighted by Gasteiger charge is 2.30. The minimum absolute atomic E-state index is 0.213. The molecule has 0 bridgehead atoms. The Morgan fingerprint density at radius 3 is 2.40 bits per heavy atom. The molecule has 0 aliphatic heterocycles. The van der Waals surface area contributed by atoms with Crippen LogP contribution in [0.2, 0.25) is 5.02 Å². The van der Waals surface area contributed by atoms with Crippen LogP contribution in [0.15, 0.2) is 72.8 Å². The van der Waals surface area contributed by atoms with Gasteiger partial charge < -0.3 is 19.7 Å². The lowest BCUT2D eigenvalue weighted by atomic mass is 10.0. The lowest BCUT2D eigenvalue weighted by Crippen LogP contribution is -2.51. The molecule has 7 heteroatoms. The molecule has 0 unspecified atom stereocenters. The molecule has 0 saturated carbocycles. The van der Waals surface area contributed by atoms with Gasteiger partial charge in [0, 0.05) is 24.5 Å². The number of carbonyl (C=O) groups is 2. The molecule has 3 rings (SSSR count). The van der Waals surface area contributed by atoms with Crippen molar-refractivity contribution in [1.82, 2.24) is 10.2 Å². The van der Waals surface area contributed by atoms with Crippen LogP contribution in [0.5, 0.6) is 11.5 Å². The van der Waals surface area contributed by atoms with Crippen molar-refractivity contribution in [3.05, 3.63) is 94.5 Å². The van der Waals surface area contributed by atoms with E-state index in [0.29, 0.717) is 29.5 Å². The van der Waals surface area contributed by atoms with Gasteiger partial charge in [0.05, 0.1) is 7.11 Å². The van der Waals surface area contributed by atoms with Crippen molar-refractivity contribution in [1.29, 1.82) is 0 Å². The van der Waals surface area contributed by atoms with Crippen molar-refractivity contribution in [3.8, 4) is 11.5 Å². The van der Waals surface area contributed by atoms with Gasteiger partial charge in [-0.2, -0.15) is 0 Å². The van der Waals surface area contributed by atoms with Crippen LogP contribution < -0.4 is 14.8 Å². The van der Waals surface area contributed by atoms with Crippen molar-refractivity contribution >= 4 is 23.4 Å². The fourth-order valence-electron chi connectivity index (χ4n) is 3.75. The standard InChI is InChI=1S/C28H31ClN2O4/c1-4-30-28(33)26(17-21-9-6-5-7-10-21)31(18-22-11-8-12-23(16-22)34-3)27(32)19-35-24-13-14-25(29)20(2)15-24/h5-16,26H,4,17-19H2,1-3H3,(H,30,33)/t26-/m0/s1. The van der Waals surface area contributed by atoms with E-state index in [1.54, 1.807) is 30.2 Å². The number of aryl methyl sites for hydroxylation is 1. The third-order valence-corrected chi connectivity index (χ3v) is 6.02. The SMILES string of the molecule is CCNC(=O)[C@H](Cc1ccccc1)N(Cc1cccc(OC)c1)C(=O)COc1ccc(Cl)c(C)c1. The molecule has 3 aromatic carbocycles. The number of nitrogens with zero attached hydrogens (tertiary/aromatic N) is 1. The molecule has 35 heavy (non-hydrogen) atoms. The Labute approximate surface area is 211 Å². The number of rotatable bonds is 11. The monoisotopic (exact) mass is 494 g/mol. The third-order valence-electron chi connectivity index (χ3n) is 5.60. The fourth-order valence-corrected chi connectivity index (χ4v) is 3.87. The maximum absolute atomic E-state index is 13.5. The van der Waals surface area contributed by atoms with Crippen molar-refractivity contribution in [2.75, 3.05) is 20.3 Å². The molecule has 184 valence electrons. The van der Waals surface area contributed by atoms with Crippen molar-refractivity contribution < 1.29 is 19.1 Å². The Morgan fingerprint density at radius 2 is 1.71 bits per heavy atom. The molecule has 1 atom stereocenters. The minimum Gasteiger partial charge on any atom is -0.497 e. The van der Waals surface area contributed by atoms with Crippen LogP contribution in [0, 0.1) is 6.92 Å². The van der Waals surface area contributed by atoms with Gasteiger partial charge >= 0.3 is 0 Å². The zero-order chi connectivity index (χ0) is 25.2. The minimum atomic E-state index is -0.716. The van der Waals surface area contributed by atoms with Crippen molar-refractivity contribution in [2.45, 2.75) is 32.9 Å². The molecule has 0 fully saturated rings. The zero-order valence-electron chi connectivity index (χ0n) is 20.3. The number of likely N-dealkylation sites (N-methyl/N-ethyl adjacent to an activating group) is 1. The number of hydrogen-bond acceptors (Lipinski definition) is 4. The highest BCUT2D eigenvalue weighted by Crippen LogP contribution is 2.22. The summed E-state index contributed by atoms with van der Waals surface area (Å²) in [5, 5.41) is 3.51. The number of methoxy groups -OCH3 is 1. The van der Waals surface area contributed by atoms with Gasteiger partial charge in [0.1, 0.15) is 17.5 Å². The predicted octanol–water partition coefficient (Wildman–Crippen LogP) is 4.81. The lowest BCUT2D eigenvalue weighted by molar-refractivity contribution is -0.142. The van der Waals surface area contributed by atoms with Gasteiger partial charge in [-0.15, -0.1) is 0 Å². The lowest BCUT2D eigenvalue weighted by Gasteiger charge is -2.31. The van der Waals surface area contributed by atoms with E-state index in [-0.39, 0.29) is 25.0 Å². The maximum Gasteiger partial charge on any atom is 0.261 e. The molecule has 0 aliphatic carbocycles. The first-order valence-corrected chi connectivity index (χ1v) is 11.9. The maximum atomic E-state index is 13.5. The summed E-state index contributed by atoms with van der Waals surface area (Å²) in [5.74, 6) is 0.710.